The van der Waals surface area contributed by atoms with Crippen molar-refractivity contribution in [2.75, 3.05) is 0 Å². The number of aromatic nitrogens is 1. The van der Waals surface area contributed by atoms with E-state index in [1.54, 1.807) is 6.92 Å². The van der Waals surface area contributed by atoms with Crippen LogP contribution >= 0.6 is 0 Å². The van der Waals surface area contributed by atoms with Crippen molar-refractivity contribution in [3.8, 4) is 0 Å². The van der Waals surface area contributed by atoms with Gasteiger partial charge in [0.1, 0.15) is 0 Å². The highest BCUT2D eigenvalue weighted by atomic mass is 16.1. The Hall–Kier alpha value is -2.48. The van der Waals surface area contributed by atoms with Crippen molar-refractivity contribution in [1.29, 1.82) is 0 Å². The maximum absolute atomic E-state index is 11.5. The van der Waals surface area contributed by atoms with Crippen molar-refractivity contribution in [2.24, 2.45) is 0 Å². The van der Waals surface area contributed by atoms with Gasteiger partial charge in [-0.1, -0.05) is 30.3 Å². The molecule has 1 aromatic heterocycles. The van der Waals surface area contributed by atoms with E-state index in [1.807, 2.05) is 36.4 Å². The van der Waals surface area contributed by atoms with Crippen molar-refractivity contribution >= 4 is 16.7 Å². The molecule has 0 spiro atoms. The number of carbonyl (C=O) groups excluding carboxylic acids is 1. The summed E-state index contributed by atoms with van der Waals surface area (Å²) >= 11 is 0. The number of Topliss-reactive ketones (excluding diaryl/α,β-unsaturated/α-hetero) is 1. The fourth-order valence-electron chi connectivity index (χ4n) is 2.42. The van der Waals surface area contributed by atoms with Crippen molar-refractivity contribution in [3.63, 3.8) is 0 Å². The average Bonchev–Trinajstić information content (AvgIpc) is 2.48. The highest BCUT2D eigenvalue weighted by molar-refractivity contribution is 5.97. The van der Waals surface area contributed by atoms with Gasteiger partial charge >= 0.3 is 0 Å². The van der Waals surface area contributed by atoms with Gasteiger partial charge in [0.25, 0.3) is 0 Å². The van der Waals surface area contributed by atoms with E-state index in [9.17, 15) is 4.79 Å². The quantitative estimate of drug-likeness (QED) is 0.523. The molecule has 3 rings (SSSR count). The van der Waals surface area contributed by atoms with E-state index in [1.165, 1.54) is 5.56 Å². The van der Waals surface area contributed by atoms with Crippen LogP contribution in [0.2, 0.25) is 0 Å². The lowest BCUT2D eigenvalue weighted by Gasteiger charge is -2.03. The molecular formula is C18H16NO+. The third-order valence-corrected chi connectivity index (χ3v) is 3.48. The molecule has 0 saturated heterocycles. The summed E-state index contributed by atoms with van der Waals surface area (Å²) in [7, 11) is 0. The van der Waals surface area contributed by atoms with Gasteiger partial charge in [-0.3, -0.25) is 4.79 Å². The van der Waals surface area contributed by atoms with Crippen molar-refractivity contribution in [1.82, 2.24) is 0 Å². The first-order valence-electron chi connectivity index (χ1n) is 6.71. The van der Waals surface area contributed by atoms with Crippen LogP contribution in [-0.2, 0) is 6.54 Å². The summed E-state index contributed by atoms with van der Waals surface area (Å²) in [6.07, 6.45) is 2.07. The number of hydrogen-bond donors (Lipinski definition) is 0. The Bertz CT molecular complexity index is 763. The molecule has 0 aliphatic rings. The summed E-state index contributed by atoms with van der Waals surface area (Å²) in [4.78, 5) is 11.5. The monoisotopic (exact) mass is 262 g/mol. The van der Waals surface area contributed by atoms with Crippen LogP contribution in [0.1, 0.15) is 22.8 Å². The second-order valence-electron chi connectivity index (χ2n) is 4.95. The van der Waals surface area contributed by atoms with Crippen LogP contribution in [0.4, 0.5) is 0 Å². The Morgan fingerprint density at radius 2 is 1.80 bits per heavy atom. The second-order valence-corrected chi connectivity index (χ2v) is 4.95. The van der Waals surface area contributed by atoms with Gasteiger partial charge in [-0.25, -0.2) is 0 Å². The Balaban J connectivity index is 2.06. The Morgan fingerprint density at radius 1 is 1.00 bits per heavy atom. The maximum Gasteiger partial charge on any atom is 0.212 e. The standard InChI is InChI=1S/C18H16NO/c1-14(20)16-9-10-18-17(12-16)8-5-11-19(18)13-15-6-3-2-4-7-15/h2-12H,13H2,1H3/q+1. The molecule has 1 heterocycles. The van der Waals surface area contributed by atoms with E-state index in [0.29, 0.717) is 0 Å². The fourth-order valence-corrected chi connectivity index (χ4v) is 2.42. The van der Waals surface area contributed by atoms with E-state index in [2.05, 4.69) is 35.0 Å². The van der Waals surface area contributed by atoms with Gasteiger partial charge < -0.3 is 0 Å². The van der Waals surface area contributed by atoms with Gasteiger partial charge in [0, 0.05) is 28.6 Å². The van der Waals surface area contributed by atoms with E-state index in [0.717, 1.165) is 23.0 Å². The summed E-state index contributed by atoms with van der Waals surface area (Å²) in [5, 5.41) is 1.09. The molecule has 0 amide bonds. The lowest BCUT2D eigenvalue weighted by molar-refractivity contribution is -0.662. The first-order valence-corrected chi connectivity index (χ1v) is 6.71. The molecule has 2 heteroatoms. The number of hydrogen-bond acceptors (Lipinski definition) is 1. The van der Waals surface area contributed by atoms with Crippen molar-refractivity contribution < 1.29 is 9.36 Å². The predicted molar refractivity (Wildman–Crippen MR) is 79.7 cm³/mol. The molecule has 0 unspecified atom stereocenters. The van der Waals surface area contributed by atoms with E-state index >= 15 is 0 Å². The summed E-state index contributed by atoms with van der Waals surface area (Å²) in [5.74, 6) is 0.102. The van der Waals surface area contributed by atoms with Crippen LogP contribution < -0.4 is 4.57 Å². The van der Waals surface area contributed by atoms with Gasteiger partial charge in [0.2, 0.25) is 5.52 Å². The van der Waals surface area contributed by atoms with Gasteiger partial charge in [0.15, 0.2) is 18.5 Å². The number of nitrogens with zero attached hydrogens (tertiary/aromatic N) is 1. The molecule has 0 aliphatic carbocycles. The lowest BCUT2D eigenvalue weighted by Crippen LogP contribution is -2.34. The number of ketones is 1. The summed E-state index contributed by atoms with van der Waals surface area (Å²) in [6.45, 7) is 2.43. The second kappa shape index (κ2) is 5.25. The predicted octanol–water partition coefficient (Wildman–Crippen LogP) is 3.38. The largest absolute Gasteiger partial charge is 0.295 e. The van der Waals surface area contributed by atoms with Crippen LogP contribution in [-0.4, -0.2) is 5.78 Å². The molecule has 0 fully saturated rings. The minimum atomic E-state index is 0.102. The van der Waals surface area contributed by atoms with Crippen LogP contribution in [0.15, 0.2) is 66.9 Å². The third-order valence-electron chi connectivity index (χ3n) is 3.48. The van der Waals surface area contributed by atoms with Crippen LogP contribution in [0.5, 0.6) is 0 Å². The van der Waals surface area contributed by atoms with Crippen molar-refractivity contribution in [3.05, 3.63) is 78.0 Å². The molecule has 0 atom stereocenters. The molecule has 0 aliphatic heterocycles. The number of fused-ring (bicyclic) bond motifs is 1. The third kappa shape index (κ3) is 2.45. The molecular weight excluding hydrogens is 246 g/mol. The zero-order valence-corrected chi connectivity index (χ0v) is 11.4. The first-order chi connectivity index (χ1) is 9.74. The highest BCUT2D eigenvalue weighted by Gasteiger charge is 2.10. The molecule has 0 N–H and O–H groups in total. The minimum absolute atomic E-state index is 0.102. The maximum atomic E-state index is 11.5. The Labute approximate surface area is 118 Å². The molecule has 0 saturated carbocycles. The number of carbonyl (C=O) groups is 1. The van der Waals surface area contributed by atoms with Crippen LogP contribution in [0.25, 0.3) is 10.9 Å². The topological polar surface area (TPSA) is 20.9 Å². The first kappa shape index (κ1) is 12.5. The zero-order valence-electron chi connectivity index (χ0n) is 11.4. The summed E-state index contributed by atoms with van der Waals surface area (Å²) < 4.78 is 2.20. The Kier molecular flexibility index (Phi) is 3.30. The number of pyridine rings is 1. The zero-order chi connectivity index (χ0) is 13.9. The van der Waals surface area contributed by atoms with Crippen molar-refractivity contribution in [2.45, 2.75) is 13.5 Å². The minimum Gasteiger partial charge on any atom is -0.295 e. The van der Waals surface area contributed by atoms with Crippen LogP contribution in [0, 0.1) is 0 Å². The smallest absolute Gasteiger partial charge is 0.212 e. The molecule has 2 aromatic carbocycles. The average molecular weight is 262 g/mol. The molecule has 20 heavy (non-hydrogen) atoms. The van der Waals surface area contributed by atoms with E-state index < -0.39 is 0 Å². The molecule has 3 aromatic rings. The van der Waals surface area contributed by atoms with Gasteiger partial charge in [-0.2, -0.15) is 4.57 Å². The van der Waals surface area contributed by atoms with E-state index in [4.69, 9.17) is 0 Å². The fraction of sp³-hybridized carbons (Fsp3) is 0.111. The lowest BCUT2D eigenvalue weighted by atomic mass is 10.1. The van der Waals surface area contributed by atoms with Gasteiger partial charge in [-0.05, 0) is 25.1 Å². The van der Waals surface area contributed by atoms with Gasteiger partial charge in [-0.15, -0.1) is 0 Å². The molecule has 0 radical (unpaired) electrons. The Morgan fingerprint density at radius 3 is 2.55 bits per heavy atom. The number of benzene rings is 2. The molecule has 98 valence electrons. The molecule has 0 bridgehead atoms. The van der Waals surface area contributed by atoms with Crippen LogP contribution in [0.3, 0.4) is 0 Å². The summed E-state index contributed by atoms with van der Waals surface area (Å²) in [5.41, 5.74) is 3.16. The van der Waals surface area contributed by atoms with Gasteiger partial charge in [0.05, 0.1) is 0 Å². The normalized spacial score (nSPS) is 10.7. The van der Waals surface area contributed by atoms with E-state index in [-0.39, 0.29) is 5.78 Å². The summed E-state index contributed by atoms with van der Waals surface area (Å²) in [6, 6.07) is 20.3. The molecule has 2 nitrogen and oxygen atoms in total. The SMILES string of the molecule is CC(=O)c1ccc2c(ccc[n+]2Cc2ccccc2)c1. The highest BCUT2D eigenvalue weighted by Crippen LogP contribution is 2.13. The number of rotatable bonds is 3.